The van der Waals surface area contributed by atoms with E-state index in [1.54, 1.807) is 7.11 Å². The van der Waals surface area contributed by atoms with Crippen molar-refractivity contribution in [1.29, 1.82) is 0 Å². The second-order valence-electron chi connectivity index (χ2n) is 10.9. The number of carbonyl (C=O) groups excluding carboxylic acids is 2. The first-order valence-corrected chi connectivity index (χ1v) is 14.1. The summed E-state index contributed by atoms with van der Waals surface area (Å²) in [5.41, 5.74) is 2.77. The number of fused-ring (bicyclic) bond motifs is 3. The summed E-state index contributed by atoms with van der Waals surface area (Å²) in [7, 11) is 1.62. The lowest BCUT2D eigenvalue weighted by Gasteiger charge is -2.19. The van der Waals surface area contributed by atoms with Gasteiger partial charge in [-0.25, -0.2) is 4.79 Å². The van der Waals surface area contributed by atoms with Crippen LogP contribution in [-0.2, 0) is 9.53 Å². The number of nitrogens with one attached hydrogen (secondary N) is 2. The van der Waals surface area contributed by atoms with Crippen LogP contribution in [0.15, 0.2) is 47.5 Å². The van der Waals surface area contributed by atoms with Crippen molar-refractivity contribution in [3.05, 3.63) is 70.3 Å². The fourth-order valence-electron chi connectivity index (χ4n) is 4.58. The number of halogens is 1. The van der Waals surface area contributed by atoms with Crippen molar-refractivity contribution in [2.75, 3.05) is 20.2 Å². The molecule has 11 heteroatoms. The Bertz CT molecular complexity index is 1410. The summed E-state index contributed by atoms with van der Waals surface area (Å²) in [6.45, 7) is 8.41. The van der Waals surface area contributed by atoms with Crippen LogP contribution >= 0.6 is 11.6 Å². The van der Waals surface area contributed by atoms with E-state index in [-0.39, 0.29) is 12.3 Å². The van der Waals surface area contributed by atoms with E-state index in [2.05, 4.69) is 20.8 Å². The van der Waals surface area contributed by atoms with Gasteiger partial charge in [0.05, 0.1) is 24.9 Å². The fourth-order valence-corrected chi connectivity index (χ4v) is 4.71. The minimum Gasteiger partial charge on any atom is -0.497 e. The number of unbranched alkanes of at least 4 members (excludes halogenated alkanes) is 2. The standard InChI is InChI=1S/C30H37ClN6O4/c1-19-35-36-28-24(18-26(38)32-15-7-6-8-16-33-29(39)41-30(2,3)4)34-27(20-9-11-21(31)12-10-20)23-17-22(40-5)13-14-25(23)37(19)28/h9-14,17,24H,6-8,15-16,18H2,1-5H3,(H,32,38)(H,33,39). The molecular formula is C30H37ClN6O4. The number of hydrogen-bond donors (Lipinski definition) is 2. The Morgan fingerprint density at radius 1 is 1.00 bits per heavy atom. The maximum atomic E-state index is 13.1. The summed E-state index contributed by atoms with van der Waals surface area (Å²) in [6, 6.07) is 12.7. The molecule has 0 saturated heterocycles. The molecule has 0 radical (unpaired) electrons. The van der Waals surface area contributed by atoms with Crippen molar-refractivity contribution in [3.63, 3.8) is 0 Å². The van der Waals surface area contributed by atoms with Crippen LogP contribution in [0.2, 0.25) is 5.02 Å². The summed E-state index contributed by atoms with van der Waals surface area (Å²) >= 11 is 6.17. The van der Waals surface area contributed by atoms with Gasteiger partial charge in [-0.15, -0.1) is 10.2 Å². The van der Waals surface area contributed by atoms with Crippen molar-refractivity contribution in [2.24, 2.45) is 4.99 Å². The molecule has 0 fully saturated rings. The third kappa shape index (κ3) is 7.85. The second kappa shape index (κ2) is 13.2. The molecule has 0 aliphatic carbocycles. The molecule has 2 heterocycles. The van der Waals surface area contributed by atoms with Gasteiger partial charge in [-0.3, -0.25) is 14.4 Å². The van der Waals surface area contributed by atoms with Gasteiger partial charge in [0, 0.05) is 29.2 Å². The molecular weight excluding hydrogens is 544 g/mol. The van der Waals surface area contributed by atoms with Crippen LogP contribution in [0, 0.1) is 6.92 Å². The summed E-state index contributed by atoms with van der Waals surface area (Å²) in [4.78, 5) is 29.9. The molecule has 0 saturated carbocycles. The first-order chi connectivity index (χ1) is 19.6. The van der Waals surface area contributed by atoms with Gasteiger partial charge in [0.25, 0.3) is 0 Å². The van der Waals surface area contributed by atoms with Crippen LogP contribution in [0.1, 0.15) is 75.3 Å². The van der Waals surface area contributed by atoms with Crippen molar-refractivity contribution in [1.82, 2.24) is 25.4 Å². The van der Waals surface area contributed by atoms with Crippen molar-refractivity contribution in [2.45, 2.75) is 65.0 Å². The molecule has 4 rings (SSSR count). The lowest BCUT2D eigenvalue weighted by molar-refractivity contribution is -0.121. The molecule has 2 N–H and O–H groups in total. The van der Waals surface area contributed by atoms with Crippen molar-refractivity contribution >= 4 is 29.3 Å². The number of aromatic nitrogens is 3. The molecule has 1 aromatic heterocycles. The fraction of sp³-hybridized carbons (Fsp3) is 0.433. The van der Waals surface area contributed by atoms with E-state index < -0.39 is 17.7 Å². The highest BCUT2D eigenvalue weighted by molar-refractivity contribution is 6.30. The number of alkyl carbamates (subject to hydrolysis) is 1. The summed E-state index contributed by atoms with van der Waals surface area (Å²) in [6.07, 6.45) is 2.11. The molecule has 218 valence electrons. The third-order valence-corrected chi connectivity index (χ3v) is 6.72. The first kappa shape index (κ1) is 30.0. The summed E-state index contributed by atoms with van der Waals surface area (Å²) in [5.74, 6) is 1.86. The number of carbonyl (C=O) groups is 2. The molecule has 1 aliphatic heterocycles. The minimum atomic E-state index is -0.557. The second-order valence-corrected chi connectivity index (χ2v) is 11.3. The van der Waals surface area contributed by atoms with Crippen LogP contribution < -0.4 is 15.4 Å². The molecule has 41 heavy (non-hydrogen) atoms. The normalized spacial score (nSPS) is 14.3. The van der Waals surface area contributed by atoms with E-state index in [1.165, 1.54) is 0 Å². The highest BCUT2D eigenvalue weighted by atomic mass is 35.5. The third-order valence-electron chi connectivity index (χ3n) is 6.47. The zero-order chi connectivity index (χ0) is 29.6. The van der Waals surface area contributed by atoms with Gasteiger partial charge in [-0.2, -0.15) is 0 Å². The van der Waals surface area contributed by atoms with Crippen molar-refractivity contribution in [3.8, 4) is 11.4 Å². The van der Waals surface area contributed by atoms with E-state index in [9.17, 15) is 9.59 Å². The van der Waals surface area contributed by atoms with Gasteiger partial charge in [0.1, 0.15) is 23.2 Å². The molecule has 2 aromatic carbocycles. The Balaban J connectivity index is 1.45. The van der Waals surface area contributed by atoms with Gasteiger partial charge < -0.3 is 20.1 Å². The molecule has 0 spiro atoms. The summed E-state index contributed by atoms with van der Waals surface area (Å²) in [5, 5.41) is 15.1. The minimum absolute atomic E-state index is 0.112. The number of methoxy groups -OCH3 is 1. The number of benzene rings is 2. The SMILES string of the molecule is COc1ccc2c(c1)C(c1ccc(Cl)cc1)=NC(CC(=O)NCCCCCNC(=O)OC(C)(C)C)c1nnc(C)n1-2. The zero-order valence-electron chi connectivity index (χ0n) is 24.2. The predicted octanol–water partition coefficient (Wildman–Crippen LogP) is 5.33. The monoisotopic (exact) mass is 580 g/mol. The van der Waals surface area contributed by atoms with Crippen molar-refractivity contribution < 1.29 is 19.1 Å². The molecule has 2 amide bonds. The average Bonchev–Trinajstić information content (AvgIpc) is 3.24. The van der Waals surface area contributed by atoms with E-state index >= 15 is 0 Å². The highest BCUT2D eigenvalue weighted by Crippen LogP contribution is 2.34. The largest absolute Gasteiger partial charge is 0.497 e. The number of ether oxygens (including phenoxy) is 2. The Labute approximate surface area is 245 Å². The number of nitrogens with zero attached hydrogens (tertiary/aromatic N) is 4. The van der Waals surface area contributed by atoms with Gasteiger partial charge in [-0.1, -0.05) is 23.7 Å². The van der Waals surface area contributed by atoms with Crippen LogP contribution in [0.5, 0.6) is 5.75 Å². The lowest BCUT2D eigenvalue weighted by atomic mass is 10.00. The van der Waals surface area contributed by atoms with Crippen LogP contribution in [-0.4, -0.2) is 58.3 Å². The maximum absolute atomic E-state index is 13.1. The Morgan fingerprint density at radius 3 is 2.39 bits per heavy atom. The van der Waals surface area contributed by atoms with E-state index in [1.807, 2.05) is 74.7 Å². The Morgan fingerprint density at radius 2 is 1.71 bits per heavy atom. The van der Waals surface area contributed by atoms with Crippen LogP contribution in [0.4, 0.5) is 4.79 Å². The van der Waals surface area contributed by atoms with Crippen LogP contribution in [0.3, 0.4) is 0 Å². The summed E-state index contributed by atoms with van der Waals surface area (Å²) < 4.78 is 12.7. The van der Waals surface area contributed by atoms with Gasteiger partial charge >= 0.3 is 6.09 Å². The predicted molar refractivity (Wildman–Crippen MR) is 158 cm³/mol. The molecule has 10 nitrogen and oxygen atoms in total. The molecule has 1 atom stereocenters. The molecule has 3 aromatic rings. The number of hydrogen-bond acceptors (Lipinski definition) is 7. The zero-order valence-corrected chi connectivity index (χ0v) is 24.9. The van der Waals surface area contributed by atoms with E-state index in [0.717, 1.165) is 41.8 Å². The quantitative estimate of drug-likeness (QED) is 0.313. The maximum Gasteiger partial charge on any atom is 0.407 e. The smallest absolute Gasteiger partial charge is 0.407 e. The van der Waals surface area contributed by atoms with E-state index in [0.29, 0.717) is 35.5 Å². The Kier molecular flexibility index (Phi) is 9.65. The molecule has 1 aliphatic rings. The Hall–Kier alpha value is -3.92. The highest BCUT2D eigenvalue weighted by Gasteiger charge is 2.30. The van der Waals surface area contributed by atoms with Gasteiger partial charge in [0.15, 0.2) is 5.82 Å². The lowest BCUT2D eigenvalue weighted by Crippen LogP contribution is -2.33. The number of aliphatic imine (C=N–C) groups is 1. The van der Waals surface area contributed by atoms with Crippen LogP contribution in [0.25, 0.3) is 5.69 Å². The van der Waals surface area contributed by atoms with E-state index in [4.69, 9.17) is 26.1 Å². The molecule has 0 bridgehead atoms. The molecule has 1 unspecified atom stereocenters. The van der Waals surface area contributed by atoms with Gasteiger partial charge in [-0.05, 0) is 77.3 Å². The number of amides is 2. The first-order valence-electron chi connectivity index (χ1n) is 13.7. The van der Waals surface area contributed by atoms with Gasteiger partial charge in [0.2, 0.25) is 5.91 Å². The number of rotatable bonds is 10. The number of aryl methyl sites for hydroxylation is 1. The topological polar surface area (TPSA) is 120 Å². The average molecular weight is 581 g/mol.